The summed E-state index contributed by atoms with van der Waals surface area (Å²) in [5.41, 5.74) is 1.34. The van der Waals surface area contributed by atoms with Gasteiger partial charge in [0.2, 0.25) is 0 Å². The number of anilines is 1. The molecule has 2 aromatic rings. The van der Waals surface area contributed by atoms with E-state index in [2.05, 4.69) is 10.2 Å². The highest BCUT2D eigenvalue weighted by Crippen LogP contribution is 2.35. The first-order valence-corrected chi connectivity index (χ1v) is 9.85. The number of carbonyl (C=O) groups is 3. The predicted octanol–water partition coefficient (Wildman–Crippen LogP) is 2.99. The Bertz CT molecular complexity index is 968. The Morgan fingerprint density at radius 2 is 1.60 bits per heavy atom. The van der Waals surface area contributed by atoms with Crippen LogP contribution in [0, 0.1) is 5.92 Å². The van der Waals surface area contributed by atoms with Gasteiger partial charge in [-0.25, -0.2) is 14.4 Å². The van der Waals surface area contributed by atoms with Gasteiger partial charge in [0.25, 0.3) is 0 Å². The summed E-state index contributed by atoms with van der Waals surface area (Å²) in [6.07, 6.45) is 0.424. The van der Waals surface area contributed by atoms with Crippen molar-refractivity contribution in [3.8, 4) is 16.9 Å². The SMILES string of the molecule is O=C(O)Nc1ccccc1-c1ccccc1OC(=O)C(=O)OC1CN2CCC1CC2. The zero-order chi connectivity index (χ0) is 21.1. The number of ether oxygens (including phenoxy) is 2. The number of nitrogens with one attached hydrogen (secondary N) is 1. The van der Waals surface area contributed by atoms with E-state index in [4.69, 9.17) is 14.6 Å². The van der Waals surface area contributed by atoms with E-state index in [9.17, 15) is 14.4 Å². The summed E-state index contributed by atoms with van der Waals surface area (Å²) in [4.78, 5) is 38.1. The molecule has 30 heavy (non-hydrogen) atoms. The van der Waals surface area contributed by atoms with E-state index < -0.39 is 18.0 Å². The monoisotopic (exact) mass is 410 g/mol. The number of esters is 2. The molecule has 0 aromatic heterocycles. The average molecular weight is 410 g/mol. The van der Waals surface area contributed by atoms with Crippen molar-refractivity contribution in [3.05, 3.63) is 48.5 Å². The maximum absolute atomic E-state index is 12.4. The maximum atomic E-state index is 12.4. The molecule has 1 unspecified atom stereocenters. The van der Waals surface area contributed by atoms with E-state index in [0.717, 1.165) is 25.9 Å². The number of carbonyl (C=O) groups excluding carboxylic acids is 2. The van der Waals surface area contributed by atoms with Crippen LogP contribution in [0.5, 0.6) is 5.75 Å². The number of benzene rings is 2. The van der Waals surface area contributed by atoms with Gasteiger partial charge >= 0.3 is 18.0 Å². The minimum Gasteiger partial charge on any atom is -0.465 e. The lowest BCUT2D eigenvalue weighted by Crippen LogP contribution is -2.52. The molecule has 2 N–H and O–H groups in total. The summed E-state index contributed by atoms with van der Waals surface area (Å²) in [5, 5.41) is 11.4. The summed E-state index contributed by atoms with van der Waals surface area (Å²) in [7, 11) is 0. The minimum atomic E-state index is -1.21. The smallest absolute Gasteiger partial charge is 0.422 e. The van der Waals surface area contributed by atoms with Crippen LogP contribution in [-0.2, 0) is 14.3 Å². The molecule has 0 radical (unpaired) electrons. The highest BCUT2D eigenvalue weighted by Gasteiger charge is 2.38. The van der Waals surface area contributed by atoms with Crippen LogP contribution in [0.4, 0.5) is 10.5 Å². The largest absolute Gasteiger partial charge is 0.465 e. The van der Waals surface area contributed by atoms with Crippen LogP contribution in [0.15, 0.2) is 48.5 Å². The number of nitrogens with zero attached hydrogens (tertiary/aromatic N) is 1. The van der Waals surface area contributed by atoms with E-state index >= 15 is 0 Å². The molecule has 3 fully saturated rings. The number of para-hydroxylation sites is 2. The Morgan fingerprint density at radius 3 is 2.27 bits per heavy atom. The first-order valence-electron chi connectivity index (χ1n) is 9.85. The van der Waals surface area contributed by atoms with Crippen LogP contribution in [0.1, 0.15) is 12.8 Å². The molecule has 156 valence electrons. The molecule has 3 aliphatic rings. The number of fused-ring (bicyclic) bond motifs is 3. The van der Waals surface area contributed by atoms with Gasteiger partial charge in [-0.1, -0.05) is 36.4 Å². The lowest BCUT2D eigenvalue weighted by molar-refractivity contribution is -0.172. The lowest BCUT2D eigenvalue weighted by atomic mass is 9.86. The van der Waals surface area contributed by atoms with Crippen molar-refractivity contribution in [2.45, 2.75) is 18.9 Å². The van der Waals surface area contributed by atoms with Gasteiger partial charge in [-0.05, 0) is 44.0 Å². The fourth-order valence-electron chi connectivity index (χ4n) is 4.09. The molecular weight excluding hydrogens is 388 g/mol. The fraction of sp³-hybridized carbons (Fsp3) is 0.318. The second kappa shape index (κ2) is 8.54. The molecule has 1 amide bonds. The van der Waals surface area contributed by atoms with Crippen LogP contribution in [0.25, 0.3) is 11.1 Å². The van der Waals surface area contributed by atoms with Crippen LogP contribution >= 0.6 is 0 Å². The van der Waals surface area contributed by atoms with Gasteiger partial charge in [0.15, 0.2) is 0 Å². The molecule has 0 saturated carbocycles. The average Bonchev–Trinajstić information content (AvgIpc) is 2.75. The van der Waals surface area contributed by atoms with E-state index in [0.29, 0.717) is 23.4 Å². The van der Waals surface area contributed by atoms with Crippen LogP contribution in [0.2, 0.25) is 0 Å². The van der Waals surface area contributed by atoms with Gasteiger partial charge in [0.1, 0.15) is 11.9 Å². The van der Waals surface area contributed by atoms with Crippen molar-refractivity contribution in [1.82, 2.24) is 4.90 Å². The Kier molecular flexibility index (Phi) is 5.67. The molecule has 3 heterocycles. The number of rotatable bonds is 4. The number of amides is 1. The van der Waals surface area contributed by atoms with Crippen molar-refractivity contribution in [3.63, 3.8) is 0 Å². The van der Waals surface area contributed by atoms with Gasteiger partial charge < -0.3 is 14.6 Å². The highest BCUT2D eigenvalue weighted by atomic mass is 16.6. The van der Waals surface area contributed by atoms with Gasteiger partial charge in [0, 0.05) is 17.7 Å². The standard InChI is InChI=1S/C22H22N2O6/c25-20(21(26)30-19-13-24-11-9-14(19)10-12-24)29-18-8-4-2-6-16(18)15-5-1-3-7-17(15)23-22(27)28/h1-8,14,19,23H,9-13H2,(H,27,28). The predicted molar refractivity (Wildman–Crippen MR) is 108 cm³/mol. The molecule has 3 aliphatic heterocycles. The molecule has 1 atom stereocenters. The minimum absolute atomic E-state index is 0.146. The Balaban J connectivity index is 1.50. The van der Waals surface area contributed by atoms with Crippen LogP contribution in [0.3, 0.4) is 0 Å². The van der Waals surface area contributed by atoms with Gasteiger partial charge in [-0.3, -0.25) is 10.2 Å². The lowest BCUT2D eigenvalue weighted by Gasteiger charge is -2.43. The van der Waals surface area contributed by atoms with Crippen LogP contribution in [-0.4, -0.2) is 53.8 Å². The van der Waals surface area contributed by atoms with Gasteiger partial charge in [-0.15, -0.1) is 0 Å². The molecular formula is C22H22N2O6. The van der Waals surface area contributed by atoms with Gasteiger partial charge in [0.05, 0.1) is 5.69 Å². The van der Waals surface area contributed by atoms with Crippen molar-refractivity contribution >= 4 is 23.7 Å². The molecule has 2 aromatic carbocycles. The normalized spacial score (nSPS) is 22.2. The summed E-state index contributed by atoms with van der Waals surface area (Å²) >= 11 is 0. The Labute approximate surface area is 173 Å². The summed E-state index contributed by atoms with van der Waals surface area (Å²) in [6.45, 7) is 2.65. The molecule has 0 aliphatic carbocycles. The third kappa shape index (κ3) is 4.28. The van der Waals surface area contributed by atoms with Crippen molar-refractivity contribution < 1.29 is 29.0 Å². The van der Waals surface area contributed by atoms with Gasteiger partial charge in [-0.2, -0.15) is 0 Å². The summed E-state index contributed by atoms with van der Waals surface area (Å²) in [5.74, 6) is -1.68. The zero-order valence-electron chi connectivity index (χ0n) is 16.2. The van der Waals surface area contributed by atoms with E-state index in [-0.39, 0.29) is 17.8 Å². The Morgan fingerprint density at radius 1 is 0.933 bits per heavy atom. The second-order valence-electron chi connectivity index (χ2n) is 7.44. The van der Waals surface area contributed by atoms with Crippen molar-refractivity contribution in [1.29, 1.82) is 0 Å². The number of hydrogen-bond acceptors (Lipinski definition) is 6. The number of piperidine rings is 3. The second-order valence-corrected chi connectivity index (χ2v) is 7.44. The van der Waals surface area contributed by atoms with E-state index in [1.807, 2.05) is 0 Å². The highest BCUT2D eigenvalue weighted by molar-refractivity contribution is 6.30. The van der Waals surface area contributed by atoms with Crippen molar-refractivity contribution in [2.24, 2.45) is 5.92 Å². The quantitative estimate of drug-likeness (QED) is 0.453. The molecule has 0 spiro atoms. The molecule has 8 nitrogen and oxygen atoms in total. The van der Waals surface area contributed by atoms with E-state index in [1.54, 1.807) is 48.5 Å². The third-order valence-electron chi connectivity index (χ3n) is 5.57. The third-order valence-corrected chi connectivity index (χ3v) is 5.57. The molecule has 5 rings (SSSR count). The van der Waals surface area contributed by atoms with E-state index in [1.165, 1.54) is 0 Å². The maximum Gasteiger partial charge on any atom is 0.422 e. The number of carboxylic acid groups (broad SMARTS) is 1. The molecule has 8 heteroatoms. The summed E-state index contributed by atoms with van der Waals surface area (Å²) in [6, 6.07) is 13.4. The first kappa shape index (κ1) is 19.9. The summed E-state index contributed by atoms with van der Waals surface area (Å²) < 4.78 is 10.8. The Hall–Kier alpha value is -3.39. The zero-order valence-corrected chi connectivity index (χ0v) is 16.2. The number of hydrogen-bond donors (Lipinski definition) is 2. The molecule has 2 bridgehead atoms. The fourth-order valence-corrected chi connectivity index (χ4v) is 4.09. The van der Waals surface area contributed by atoms with Crippen LogP contribution < -0.4 is 10.1 Å². The van der Waals surface area contributed by atoms with Crippen molar-refractivity contribution in [2.75, 3.05) is 25.0 Å². The first-order chi connectivity index (χ1) is 14.5. The molecule has 3 saturated heterocycles. The topological polar surface area (TPSA) is 105 Å².